The second-order valence-corrected chi connectivity index (χ2v) is 0.897. The van der Waals surface area contributed by atoms with Gasteiger partial charge in [0.25, 0.3) is 0 Å². The van der Waals surface area contributed by atoms with Gasteiger partial charge in [-0.2, -0.15) is 0 Å². The van der Waals surface area contributed by atoms with E-state index in [0.717, 1.165) is 0 Å². The Bertz CT molecular complexity index is 107. The molecule has 0 aliphatic rings. The lowest BCUT2D eigenvalue weighted by atomic mass is 10.8. The third-order valence-corrected chi connectivity index (χ3v) is 0.398. The molecule has 0 aromatic carbocycles. The van der Waals surface area contributed by atoms with Crippen LogP contribution in [0.15, 0.2) is 5.11 Å². The van der Waals surface area contributed by atoms with Crippen LogP contribution in [0.4, 0.5) is 0 Å². The topological polar surface area (TPSA) is 75.1 Å². The Labute approximate surface area is 45.9 Å². The van der Waals surface area contributed by atoms with E-state index in [1.165, 1.54) is 0 Å². The molecule has 0 saturated carbocycles. The van der Waals surface area contributed by atoms with Crippen molar-refractivity contribution in [3.63, 3.8) is 0 Å². The number of carbonyl (C=O) groups is 1. The number of ether oxygens (including phenoxy) is 1. The molecular formula is C3H5N3O2. The molecule has 5 heteroatoms. The van der Waals surface area contributed by atoms with Crippen LogP contribution in [-0.4, -0.2) is 19.6 Å². The molecule has 0 aromatic heterocycles. The summed E-state index contributed by atoms with van der Waals surface area (Å²) in [5.41, 5.74) is 7.66. The van der Waals surface area contributed by atoms with Gasteiger partial charge in [0, 0.05) is 4.91 Å². The van der Waals surface area contributed by atoms with Crippen molar-refractivity contribution in [2.24, 2.45) is 5.11 Å². The summed E-state index contributed by atoms with van der Waals surface area (Å²) in [6.45, 7) is -0.0890. The number of hydrogen-bond acceptors (Lipinski definition) is 3. The van der Waals surface area contributed by atoms with Gasteiger partial charge in [-0.15, -0.1) is 0 Å². The summed E-state index contributed by atoms with van der Waals surface area (Å²) in [7, 11) is 0. The highest BCUT2D eigenvalue weighted by Crippen LogP contribution is 1.71. The first-order chi connectivity index (χ1) is 3.91. The zero-order valence-corrected chi connectivity index (χ0v) is 4.15. The summed E-state index contributed by atoms with van der Waals surface area (Å²) >= 11 is 0. The van der Waals surface area contributed by atoms with Gasteiger partial charge in [0.2, 0.25) is 0 Å². The van der Waals surface area contributed by atoms with Crippen molar-refractivity contribution in [1.82, 2.24) is 0 Å². The minimum Gasteiger partial charge on any atom is -0.368 e. The number of nitrogens with zero attached hydrogens (tertiary/aromatic N) is 3. The zero-order valence-electron chi connectivity index (χ0n) is 4.15. The van der Waals surface area contributed by atoms with Gasteiger partial charge in [-0.25, -0.2) is 0 Å². The highest BCUT2D eigenvalue weighted by atomic mass is 16.5. The van der Waals surface area contributed by atoms with Crippen LogP contribution in [0.3, 0.4) is 0 Å². The molecule has 0 unspecified atom stereocenters. The monoisotopic (exact) mass is 115 g/mol. The first kappa shape index (κ1) is 6.94. The third-order valence-electron chi connectivity index (χ3n) is 0.398. The Morgan fingerprint density at radius 2 is 2.62 bits per heavy atom. The molecule has 0 radical (unpaired) electrons. The fraction of sp³-hybridized carbons (Fsp3) is 0.667. The summed E-state index contributed by atoms with van der Waals surface area (Å²) in [6, 6.07) is 0. The molecule has 0 aliphatic heterocycles. The quantitative estimate of drug-likeness (QED) is 0.175. The molecule has 0 aromatic rings. The van der Waals surface area contributed by atoms with E-state index in [-0.39, 0.29) is 13.3 Å². The highest BCUT2D eigenvalue weighted by molar-refractivity contribution is 5.50. The Morgan fingerprint density at radius 3 is 3.12 bits per heavy atom. The summed E-state index contributed by atoms with van der Waals surface area (Å²) < 4.78 is 4.43. The van der Waals surface area contributed by atoms with E-state index in [4.69, 9.17) is 5.53 Å². The molecule has 0 heterocycles. The summed E-state index contributed by atoms with van der Waals surface area (Å²) in [5, 5.41) is 3.01. The predicted molar refractivity (Wildman–Crippen MR) is 26.0 cm³/mol. The van der Waals surface area contributed by atoms with Gasteiger partial charge >= 0.3 is 0 Å². The Kier molecular flexibility index (Phi) is 5.15. The van der Waals surface area contributed by atoms with Gasteiger partial charge in [-0.3, -0.25) is 0 Å². The molecule has 0 spiro atoms. The summed E-state index contributed by atoms with van der Waals surface area (Å²) in [4.78, 5) is 11.9. The van der Waals surface area contributed by atoms with E-state index in [1.807, 2.05) is 0 Å². The van der Waals surface area contributed by atoms with Crippen LogP contribution in [0.2, 0.25) is 0 Å². The molecule has 0 saturated heterocycles. The molecule has 0 rings (SSSR count). The lowest BCUT2D eigenvalue weighted by Gasteiger charge is -1.86. The third kappa shape index (κ3) is 4.94. The largest absolute Gasteiger partial charge is 0.368 e. The fourth-order valence-electron chi connectivity index (χ4n) is 0.167. The van der Waals surface area contributed by atoms with Crippen LogP contribution in [0.25, 0.3) is 10.4 Å². The molecule has 0 amide bonds. The van der Waals surface area contributed by atoms with E-state index in [9.17, 15) is 4.79 Å². The smallest absolute Gasteiger partial charge is 0.145 e. The second kappa shape index (κ2) is 5.94. The van der Waals surface area contributed by atoms with Crippen LogP contribution in [0.1, 0.15) is 0 Å². The van der Waals surface area contributed by atoms with Crippen LogP contribution < -0.4 is 0 Å². The van der Waals surface area contributed by atoms with Crippen LogP contribution in [0.5, 0.6) is 0 Å². The molecule has 0 N–H and O–H groups in total. The maximum absolute atomic E-state index is 9.51. The Hall–Kier alpha value is -1.06. The van der Waals surface area contributed by atoms with E-state index >= 15 is 0 Å². The molecule has 0 aliphatic carbocycles. The standard InChI is InChI=1S/C3H5N3O2/c4-6-5-3-8-2-1-7/h1H,2-3H2. The molecule has 0 bridgehead atoms. The maximum Gasteiger partial charge on any atom is 0.145 e. The van der Waals surface area contributed by atoms with Gasteiger partial charge in [0.1, 0.15) is 19.6 Å². The Balaban J connectivity index is 2.93. The van der Waals surface area contributed by atoms with Crippen molar-refractivity contribution < 1.29 is 9.53 Å². The van der Waals surface area contributed by atoms with Gasteiger partial charge in [-0.1, -0.05) is 5.11 Å². The first-order valence-electron chi connectivity index (χ1n) is 1.94. The average Bonchev–Trinajstić information content (AvgIpc) is 1.81. The van der Waals surface area contributed by atoms with Gasteiger partial charge in [0.05, 0.1) is 0 Å². The van der Waals surface area contributed by atoms with Crippen molar-refractivity contribution in [3.05, 3.63) is 10.4 Å². The van der Waals surface area contributed by atoms with Crippen LogP contribution in [-0.2, 0) is 9.53 Å². The maximum atomic E-state index is 9.51. The summed E-state index contributed by atoms with van der Waals surface area (Å²) in [5.74, 6) is 0. The van der Waals surface area contributed by atoms with E-state index < -0.39 is 0 Å². The molecule has 8 heavy (non-hydrogen) atoms. The zero-order chi connectivity index (χ0) is 6.24. The van der Waals surface area contributed by atoms with E-state index in [2.05, 4.69) is 14.8 Å². The van der Waals surface area contributed by atoms with Crippen molar-refractivity contribution in [1.29, 1.82) is 0 Å². The molecule has 0 fully saturated rings. The minimum atomic E-state index is -0.0742. The number of hydrogen-bond donors (Lipinski definition) is 0. The number of carbonyl (C=O) groups excluding carboxylic acids is 1. The molecule has 0 atom stereocenters. The molecule has 44 valence electrons. The normalized spacial score (nSPS) is 7.50. The van der Waals surface area contributed by atoms with Crippen molar-refractivity contribution in [3.8, 4) is 0 Å². The minimum absolute atomic E-state index is 0.0149. The second-order valence-electron chi connectivity index (χ2n) is 0.897. The fourth-order valence-corrected chi connectivity index (χ4v) is 0.167. The highest BCUT2D eigenvalue weighted by Gasteiger charge is 1.76. The lowest BCUT2D eigenvalue weighted by molar-refractivity contribution is -0.111. The van der Waals surface area contributed by atoms with Crippen LogP contribution >= 0.6 is 0 Å². The van der Waals surface area contributed by atoms with Crippen molar-refractivity contribution >= 4 is 6.29 Å². The van der Waals surface area contributed by atoms with Crippen molar-refractivity contribution in [2.45, 2.75) is 0 Å². The van der Waals surface area contributed by atoms with Gasteiger partial charge in [-0.05, 0) is 5.53 Å². The SMILES string of the molecule is [N-]=[N+]=NCOCC=O. The van der Waals surface area contributed by atoms with Crippen molar-refractivity contribution in [2.75, 3.05) is 13.3 Å². The lowest BCUT2D eigenvalue weighted by Crippen LogP contribution is -1.92. The Morgan fingerprint density at radius 1 is 1.88 bits per heavy atom. The van der Waals surface area contributed by atoms with E-state index in [1.54, 1.807) is 0 Å². The molecular weight excluding hydrogens is 110 g/mol. The molecule has 5 nitrogen and oxygen atoms in total. The summed E-state index contributed by atoms with van der Waals surface area (Å²) in [6.07, 6.45) is 0.590. The average molecular weight is 115 g/mol. The predicted octanol–water partition coefficient (Wildman–Crippen LogP) is 0.470. The van der Waals surface area contributed by atoms with Gasteiger partial charge in [0.15, 0.2) is 0 Å². The van der Waals surface area contributed by atoms with Crippen LogP contribution in [0, 0.1) is 0 Å². The van der Waals surface area contributed by atoms with E-state index in [0.29, 0.717) is 6.29 Å². The number of rotatable bonds is 4. The number of aldehydes is 1. The van der Waals surface area contributed by atoms with Gasteiger partial charge < -0.3 is 9.53 Å². The first-order valence-corrected chi connectivity index (χ1v) is 1.94. The number of azide groups is 1.